The zero-order valence-corrected chi connectivity index (χ0v) is 15.4. The molecule has 4 aliphatic carbocycles. The SMILES string of the molecule is C[C@@H]1C[C@H]2[C@@H]3CCC4=CC(=O)C=C[C@]4(C)[C@H]3CC[C@]2(C(O)O)C1C(=O)O. The van der Waals surface area contributed by atoms with E-state index < -0.39 is 23.6 Å². The molecule has 7 atom stereocenters. The zero-order chi connectivity index (χ0) is 18.9. The number of aliphatic carboxylic acids is 1. The molecular weight excluding hydrogens is 332 g/mol. The monoisotopic (exact) mass is 360 g/mol. The standard InChI is InChI=1S/C21H28O5/c1-11-9-16-14-4-3-12-10-13(22)5-7-20(12,2)15(14)6-8-21(16,19(25)26)17(11)18(23)24/h5,7,10-11,14-17,19,25-26H,3-4,6,8-9H2,1-2H3,(H,23,24)/t11-,14-,15+,16+,17?,20+,21-/m1/s1. The number of fused-ring (bicyclic) bond motifs is 5. The van der Waals surface area contributed by atoms with Gasteiger partial charge in [-0.25, -0.2) is 0 Å². The van der Waals surface area contributed by atoms with Crippen LogP contribution in [0.4, 0.5) is 0 Å². The zero-order valence-electron chi connectivity index (χ0n) is 15.4. The Bertz CT molecular complexity index is 707. The molecule has 0 radical (unpaired) electrons. The number of rotatable bonds is 2. The second-order valence-corrected chi connectivity index (χ2v) is 9.16. The number of carbonyl (C=O) groups excluding carboxylic acids is 1. The lowest BCUT2D eigenvalue weighted by atomic mass is 9.47. The molecule has 26 heavy (non-hydrogen) atoms. The van der Waals surface area contributed by atoms with Gasteiger partial charge in [0, 0.05) is 10.8 Å². The van der Waals surface area contributed by atoms with E-state index in [-0.39, 0.29) is 29.0 Å². The molecule has 5 nitrogen and oxygen atoms in total. The summed E-state index contributed by atoms with van der Waals surface area (Å²) in [6.45, 7) is 4.12. The summed E-state index contributed by atoms with van der Waals surface area (Å²) in [5.41, 5.74) is 0.0655. The van der Waals surface area contributed by atoms with Crippen molar-refractivity contribution in [1.29, 1.82) is 0 Å². The van der Waals surface area contributed by atoms with Crippen LogP contribution in [-0.2, 0) is 9.59 Å². The number of aliphatic hydroxyl groups is 2. The normalized spacial score (nSPS) is 47.2. The molecule has 4 rings (SSSR count). The first-order valence-corrected chi connectivity index (χ1v) is 9.75. The second-order valence-electron chi connectivity index (χ2n) is 9.16. The summed E-state index contributed by atoms with van der Waals surface area (Å²) < 4.78 is 0. The van der Waals surface area contributed by atoms with Crippen LogP contribution >= 0.6 is 0 Å². The average molecular weight is 360 g/mol. The Labute approximate surface area is 153 Å². The van der Waals surface area contributed by atoms with Crippen LogP contribution in [0.15, 0.2) is 23.8 Å². The first-order chi connectivity index (χ1) is 12.2. The summed E-state index contributed by atoms with van der Waals surface area (Å²) >= 11 is 0. The number of hydrogen-bond donors (Lipinski definition) is 3. The Morgan fingerprint density at radius 3 is 2.65 bits per heavy atom. The molecule has 3 N–H and O–H groups in total. The number of carboxylic acid groups (broad SMARTS) is 1. The summed E-state index contributed by atoms with van der Waals surface area (Å²) in [5.74, 6) is -1.04. The summed E-state index contributed by atoms with van der Waals surface area (Å²) in [4.78, 5) is 23.8. The molecule has 4 aliphatic rings. The Balaban J connectivity index is 1.75. The van der Waals surface area contributed by atoms with Crippen LogP contribution in [0, 0.1) is 40.4 Å². The van der Waals surface area contributed by atoms with E-state index in [0.29, 0.717) is 12.3 Å². The van der Waals surface area contributed by atoms with E-state index in [0.717, 1.165) is 25.7 Å². The van der Waals surface area contributed by atoms with Crippen molar-refractivity contribution in [1.82, 2.24) is 0 Å². The highest BCUT2D eigenvalue weighted by molar-refractivity contribution is 6.01. The van der Waals surface area contributed by atoms with E-state index in [1.807, 2.05) is 13.0 Å². The highest BCUT2D eigenvalue weighted by atomic mass is 16.5. The van der Waals surface area contributed by atoms with E-state index >= 15 is 0 Å². The van der Waals surface area contributed by atoms with E-state index in [1.165, 1.54) is 5.57 Å². The minimum absolute atomic E-state index is 0.00162. The van der Waals surface area contributed by atoms with Crippen molar-refractivity contribution in [3.05, 3.63) is 23.8 Å². The van der Waals surface area contributed by atoms with Gasteiger partial charge < -0.3 is 15.3 Å². The van der Waals surface area contributed by atoms with Gasteiger partial charge in [0.25, 0.3) is 0 Å². The van der Waals surface area contributed by atoms with Gasteiger partial charge in [0.05, 0.1) is 5.92 Å². The van der Waals surface area contributed by atoms with Crippen LogP contribution in [-0.4, -0.2) is 33.4 Å². The number of ketones is 1. The average Bonchev–Trinajstić information content (AvgIpc) is 2.89. The Kier molecular flexibility index (Phi) is 3.98. The van der Waals surface area contributed by atoms with Gasteiger partial charge in [-0.15, -0.1) is 0 Å². The topological polar surface area (TPSA) is 94.8 Å². The van der Waals surface area contributed by atoms with Gasteiger partial charge in [-0.3, -0.25) is 9.59 Å². The first-order valence-electron chi connectivity index (χ1n) is 9.75. The van der Waals surface area contributed by atoms with E-state index in [4.69, 9.17) is 0 Å². The van der Waals surface area contributed by atoms with Gasteiger partial charge in [0.2, 0.25) is 0 Å². The molecule has 0 aliphatic heterocycles. The Hall–Kier alpha value is -1.46. The maximum absolute atomic E-state index is 12.0. The van der Waals surface area contributed by atoms with Gasteiger partial charge in [0.15, 0.2) is 12.1 Å². The third-order valence-corrected chi connectivity index (χ3v) is 8.25. The van der Waals surface area contributed by atoms with Gasteiger partial charge in [0.1, 0.15) is 0 Å². The third kappa shape index (κ3) is 2.16. The molecule has 0 aromatic rings. The van der Waals surface area contributed by atoms with Crippen molar-refractivity contribution in [2.24, 2.45) is 40.4 Å². The molecule has 0 aromatic heterocycles. The van der Waals surface area contributed by atoms with Crippen molar-refractivity contribution < 1.29 is 24.9 Å². The van der Waals surface area contributed by atoms with Gasteiger partial charge in [-0.2, -0.15) is 0 Å². The highest BCUT2D eigenvalue weighted by Gasteiger charge is 2.66. The predicted octanol–water partition coefficient (Wildman–Crippen LogP) is 2.53. The lowest BCUT2D eigenvalue weighted by molar-refractivity contribution is -0.210. The quantitative estimate of drug-likeness (QED) is 0.658. The molecule has 142 valence electrons. The third-order valence-electron chi connectivity index (χ3n) is 8.25. The largest absolute Gasteiger partial charge is 0.481 e. The molecule has 3 saturated carbocycles. The van der Waals surface area contributed by atoms with Crippen LogP contribution < -0.4 is 0 Å². The number of hydrogen-bond acceptors (Lipinski definition) is 4. The van der Waals surface area contributed by atoms with Crippen molar-refractivity contribution in [2.75, 3.05) is 0 Å². The van der Waals surface area contributed by atoms with Crippen molar-refractivity contribution in [2.45, 2.75) is 52.2 Å². The molecular formula is C21H28O5. The second kappa shape index (κ2) is 5.77. The maximum atomic E-state index is 12.0. The lowest BCUT2D eigenvalue weighted by Gasteiger charge is -2.57. The van der Waals surface area contributed by atoms with E-state index in [2.05, 4.69) is 6.92 Å². The molecule has 1 unspecified atom stereocenters. The molecule has 0 heterocycles. The minimum Gasteiger partial charge on any atom is -0.481 e. The summed E-state index contributed by atoms with van der Waals surface area (Å²) in [6, 6.07) is 0. The maximum Gasteiger partial charge on any atom is 0.307 e. The predicted molar refractivity (Wildman–Crippen MR) is 94.8 cm³/mol. The number of carbonyl (C=O) groups is 2. The fourth-order valence-corrected chi connectivity index (χ4v) is 7.20. The molecule has 0 amide bonds. The summed E-state index contributed by atoms with van der Waals surface area (Å²) in [7, 11) is 0. The lowest BCUT2D eigenvalue weighted by Crippen LogP contribution is -2.56. The molecule has 0 bridgehead atoms. The number of aliphatic hydroxyl groups excluding tert-OH is 1. The first kappa shape index (κ1) is 17.9. The van der Waals surface area contributed by atoms with Gasteiger partial charge >= 0.3 is 5.97 Å². The van der Waals surface area contributed by atoms with E-state index in [1.54, 1.807) is 12.2 Å². The van der Waals surface area contributed by atoms with Crippen molar-refractivity contribution in [3.63, 3.8) is 0 Å². The molecule has 3 fully saturated rings. The minimum atomic E-state index is -1.60. The van der Waals surface area contributed by atoms with Crippen molar-refractivity contribution in [3.8, 4) is 0 Å². The molecule has 0 aromatic carbocycles. The fraction of sp³-hybridized carbons (Fsp3) is 0.714. The Morgan fingerprint density at radius 2 is 2.00 bits per heavy atom. The van der Waals surface area contributed by atoms with Gasteiger partial charge in [-0.1, -0.05) is 25.5 Å². The van der Waals surface area contributed by atoms with Crippen LogP contribution in [0.3, 0.4) is 0 Å². The summed E-state index contributed by atoms with van der Waals surface area (Å²) in [5, 5.41) is 30.5. The van der Waals surface area contributed by atoms with Crippen LogP contribution in [0.1, 0.15) is 46.0 Å². The van der Waals surface area contributed by atoms with Crippen molar-refractivity contribution >= 4 is 11.8 Å². The van der Waals surface area contributed by atoms with Gasteiger partial charge in [-0.05, 0) is 67.9 Å². The molecule has 0 saturated heterocycles. The Morgan fingerprint density at radius 1 is 1.27 bits per heavy atom. The summed E-state index contributed by atoms with van der Waals surface area (Å²) in [6.07, 6.45) is 7.60. The highest BCUT2D eigenvalue weighted by Crippen LogP contribution is 2.67. The van der Waals surface area contributed by atoms with E-state index in [9.17, 15) is 24.9 Å². The number of allylic oxidation sites excluding steroid dienone is 4. The fourth-order valence-electron chi connectivity index (χ4n) is 7.20. The smallest absolute Gasteiger partial charge is 0.307 e. The molecule has 0 spiro atoms. The van der Waals surface area contributed by atoms with Crippen LogP contribution in [0.2, 0.25) is 0 Å². The van der Waals surface area contributed by atoms with Crippen LogP contribution in [0.25, 0.3) is 0 Å². The number of carboxylic acids is 1. The van der Waals surface area contributed by atoms with Crippen LogP contribution in [0.5, 0.6) is 0 Å². The molecule has 5 heteroatoms.